The minimum Gasteiger partial charge on any atom is -0.456 e. The zero-order valence-electron chi connectivity index (χ0n) is 30.6. The van der Waals surface area contributed by atoms with Gasteiger partial charge in [0.15, 0.2) is 6.54 Å². The van der Waals surface area contributed by atoms with E-state index in [0.29, 0.717) is 37.5 Å². The molecule has 5 heterocycles. The summed E-state index contributed by atoms with van der Waals surface area (Å²) in [6, 6.07) is 39.2. The molecule has 0 N–H and O–H groups in total. The van der Waals surface area contributed by atoms with Gasteiger partial charge in [-0.2, -0.15) is 4.58 Å². The highest BCUT2D eigenvalue weighted by Gasteiger charge is 2.36. The summed E-state index contributed by atoms with van der Waals surface area (Å²) < 4.78 is 9.31. The summed E-state index contributed by atoms with van der Waals surface area (Å²) in [5, 5.41) is 2.83. The van der Waals surface area contributed by atoms with Crippen LogP contribution in [0, 0.1) is 5.92 Å². The minimum atomic E-state index is -0.497. The molecule has 0 spiro atoms. The summed E-state index contributed by atoms with van der Waals surface area (Å²) in [7, 11) is 0. The van der Waals surface area contributed by atoms with Gasteiger partial charge in [0.2, 0.25) is 11.0 Å². The third-order valence-corrected chi connectivity index (χ3v) is 11.9. The first-order chi connectivity index (χ1) is 27.0. The standard InChI is InChI=1S/C46H41N4O5/c51-43-17-18-44(52)50(43)55-46(53)32-19-23-47(24-20-32)29-33-9-1-4-10-36(33)45-37-15-13-34(48-25-21-30-7-2-5-11-39(30)48)27-41(37)54-42-28-35(14-16-38(42)45)49-26-22-31-8-3-6-12-40(31)49/h1-16,27-28,32H,17-26,29H2/q+1. The number of anilines is 2. The smallest absolute Gasteiger partial charge is 0.336 e. The molecule has 2 fully saturated rings. The Bertz CT molecular complexity index is 2550. The van der Waals surface area contributed by atoms with Crippen molar-refractivity contribution in [3.8, 4) is 22.5 Å². The lowest BCUT2D eigenvalue weighted by Crippen LogP contribution is -2.40. The second-order valence-corrected chi connectivity index (χ2v) is 15.1. The Morgan fingerprint density at radius 2 is 1.51 bits per heavy atom. The number of benzene rings is 5. The number of hydrogen-bond acceptors (Lipinski definition) is 7. The summed E-state index contributed by atoms with van der Waals surface area (Å²) in [6.45, 7) is 3.96. The number of imide groups is 1. The topological polar surface area (TPSA) is 86.3 Å². The zero-order chi connectivity index (χ0) is 37.0. The van der Waals surface area contributed by atoms with Crippen molar-refractivity contribution in [1.82, 2.24) is 14.5 Å². The lowest BCUT2D eigenvalue weighted by molar-refractivity contribution is -0.201. The van der Waals surface area contributed by atoms with Crippen LogP contribution in [0.15, 0.2) is 114 Å². The summed E-state index contributed by atoms with van der Waals surface area (Å²) in [5.41, 5.74) is 11.7. The highest BCUT2D eigenvalue weighted by Crippen LogP contribution is 2.44. The number of hydrogen-bond donors (Lipinski definition) is 0. The summed E-state index contributed by atoms with van der Waals surface area (Å²) in [6.07, 6.45) is 3.39. The number of likely N-dealkylation sites (tertiary alicyclic amines) is 1. The van der Waals surface area contributed by atoms with Gasteiger partial charge in [-0.05, 0) is 73.3 Å². The number of nitrogens with zero attached hydrogens (tertiary/aromatic N) is 4. The van der Waals surface area contributed by atoms with Crippen LogP contribution in [0.2, 0.25) is 0 Å². The first-order valence-electron chi connectivity index (χ1n) is 19.4. The number of fused-ring (bicyclic) bond motifs is 4. The van der Waals surface area contributed by atoms with Gasteiger partial charge < -0.3 is 14.2 Å². The molecule has 0 bridgehead atoms. The molecule has 274 valence electrons. The molecule has 0 saturated carbocycles. The van der Waals surface area contributed by atoms with Crippen molar-refractivity contribution in [3.05, 3.63) is 131 Å². The molecular weight excluding hydrogens is 689 g/mol. The maximum absolute atomic E-state index is 12.9. The SMILES string of the molecule is O=C(ON1C(=O)CCC1=O)C1CCN(Cc2ccccc2-c2c3ccc(=[N+]4CCc5ccccc54)cc-3oc3cc(N4CCc5ccccc54)ccc23)CC1. The molecule has 9 heteroatoms. The fourth-order valence-electron chi connectivity index (χ4n) is 9.00. The summed E-state index contributed by atoms with van der Waals surface area (Å²) in [5.74, 6) is -0.909. The molecular formula is C46H41N4O5+. The Labute approximate surface area is 319 Å². The highest BCUT2D eigenvalue weighted by atomic mass is 16.7. The zero-order valence-corrected chi connectivity index (χ0v) is 30.6. The van der Waals surface area contributed by atoms with E-state index in [2.05, 4.69) is 124 Å². The summed E-state index contributed by atoms with van der Waals surface area (Å²) >= 11 is 0. The molecule has 4 aromatic carbocycles. The second-order valence-electron chi connectivity index (χ2n) is 15.1. The lowest BCUT2D eigenvalue weighted by atomic mass is 9.90. The molecule has 5 aliphatic heterocycles. The van der Waals surface area contributed by atoms with E-state index >= 15 is 0 Å². The Kier molecular flexibility index (Phi) is 8.32. The molecule has 0 aromatic heterocycles. The van der Waals surface area contributed by atoms with Gasteiger partial charge in [-0.3, -0.25) is 14.5 Å². The van der Waals surface area contributed by atoms with Crippen LogP contribution in [-0.2, 0) is 38.6 Å². The van der Waals surface area contributed by atoms with E-state index in [0.717, 1.165) is 70.4 Å². The second kappa shape index (κ2) is 13.7. The van der Waals surface area contributed by atoms with Gasteiger partial charge in [0, 0.05) is 84.0 Å². The van der Waals surface area contributed by atoms with Crippen LogP contribution in [0.25, 0.3) is 33.4 Å². The minimum absolute atomic E-state index is 0.0896. The van der Waals surface area contributed by atoms with Gasteiger partial charge in [0.1, 0.15) is 11.3 Å². The Morgan fingerprint density at radius 1 is 0.745 bits per heavy atom. The van der Waals surface area contributed by atoms with Crippen molar-refractivity contribution in [3.63, 3.8) is 0 Å². The maximum Gasteiger partial charge on any atom is 0.336 e. The molecule has 6 aliphatic rings. The highest BCUT2D eigenvalue weighted by molar-refractivity contribution is 6.04. The molecule has 2 amide bonds. The quantitative estimate of drug-likeness (QED) is 0.101. The molecule has 1 aliphatic carbocycles. The maximum atomic E-state index is 12.9. The van der Waals surface area contributed by atoms with Gasteiger partial charge in [0.25, 0.3) is 11.8 Å². The third-order valence-electron chi connectivity index (χ3n) is 11.9. The number of carbonyl (C=O) groups excluding carboxylic acids is 3. The van der Waals surface area contributed by atoms with E-state index in [9.17, 15) is 14.4 Å². The van der Waals surface area contributed by atoms with Gasteiger partial charge in [-0.1, -0.05) is 60.7 Å². The molecule has 2 saturated heterocycles. The van der Waals surface area contributed by atoms with Crippen molar-refractivity contribution in [2.75, 3.05) is 31.1 Å². The van der Waals surface area contributed by atoms with Crippen molar-refractivity contribution in [2.45, 2.75) is 45.1 Å². The van der Waals surface area contributed by atoms with E-state index in [4.69, 9.17) is 9.25 Å². The number of hydroxylamine groups is 2. The predicted molar refractivity (Wildman–Crippen MR) is 211 cm³/mol. The predicted octanol–water partition coefficient (Wildman–Crippen LogP) is 7.38. The Balaban J connectivity index is 1.02. The van der Waals surface area contributed by atoms with Gasteiger partial charge >= 0.3 is 5.97 Å². The van der Waals surface area contributed by atoms with Crippen molar-refractivity contribution >= 4 is 45.8 Å². The van der Waals surface area contributed by atoms with Gasteiger partial charge in [-0.25, -0.2) is 4.79 Å². The van der Waals surface area contributed by atoms with E-state index in [1.165, 1.54) is 28.1 Å². The molecule has 0 atom stereocenters. The van der Waals surface area contributed by atoms with Gasteiger partial charge in [0.05, 0.1) is 12.0 Å². The molecule has 9 nitrogen and oxygen atoms in total. The average molecular weight is 730 g/mol. The number of carbonyl (C=O) groups is 3. The van der Waals surface area contributed by atoms with E-state index in [-0.39, 0.29) is 18.8 Å². The van der Waals surface area contributed by atoms with Crippen LogP contribution in [0.3, 0.4) is 0 Å². The van der Waals surface area contributed by atoms with Crippen LogP contribution in [0.1, 0.15) is 42.4 Å². The lowest BCUT2D eigenvalue weighted by Gasteiger charge is -2.31. The third kappa shape index (κ3) is 5.99. The van der Waals surface area contributed by atoms with Crippen LogP contribution < -0.4 is 14.8 Å². The molecule has 0 radical (unpaired) electrons. The van der Waals surface area contributed by atoms with E-state index in [1.807, 2.05) is 0 Å². The molecule has 10 rings (SSSR count). The van der Waals surface area contributed by atoms with E-state index in [1.54, 1.807) is 0 Å². The normalized spacial score (nSPS) is 18.4. The largest absolute Gasteiger partial charge is 0.456 e. The van der Waals surface area contributed by atoms with Crippen molar-refractivity contribution in [2.24, 2.45) is 5.92 Å². The van der Waals surface area contributed by atoms with Gasteiger partial charge in [-0.15, -0.1) is 5.06 Å². The number of piperidine rings is 1. The average Bonchev–Trinajstić information content (AvgIpc) is 3.94. The van der Waals surface area contributed by atoms with Crippen molar-refractivity contribution < 1.29 is 23.6 Å². The first kappa shape index (κ1) is 33.5. The fourth-order valence-corrected chi connectivity index (χ4v) is 9.00. The Morgan fingerprint density at radius 3 is 2.36 bits per heavy atom. The van der Waals surface area contributed by atoms with E-state index < -0.39 is 17.8 Å². The number of para-hydroxylation sites is 2. The first-order valence-corrected chi connectivity index (χ1v) is 19.4. The van der Waals surface area contributed by atoms with Crippen molar-refractivity contribution in [1.29, 1.82) is 0 Å². The molecule has 0 unspecified atom stereocenters. The number of amides is 2. The molecule has 55 heavy (non-hydrogen) atoms. The summed E-state index contributed by atoms with van der Waals surface area (Å²) in [4.78, 5) is 47.0. The fraction of sp³-hybridized carbons (Fsp3) is 0.261. The number of rotatable bonds is 6. The molecule has 4 aromatic rings. The van der Waals surface area contributed by atoms with Crippen LogP contribution in [-0.4, -0.2) is 53.9 Å². The monoisotopic (exact) mass is 729 g/mol. The Hall–Kier alpha value is -6.06. The van der Waals surface area contributed by atoms with Crippen LogP contribution in [0.4, 0.5) is 17.1 Å². The van der Waals surface area contributed by atoms with Crippen LogP contribution in [0.5, 0.6) is 0 Å². The van der Waals surface area contributed by atoms with Crippen LogP contribution >= 0.6 is 0 Å².